The first-order valence-electron chi connectivity index (χ1n) is 7.73. The van der Waals surface area contributed by atoms with Gasteiger partial charge in [0.25, 0.3) is 5.91 Å². The molecule has 1 amide bonds. The number of aryl methyl sites for hydroxylation is 1. The zero-order valence-electron chi connectivity index (χ0n) is 13.5. The number of nitrogens with one attached hydrogen (secondary N) is 3. The van der Waals surface area contributed by atoms with Crippen molar-refractivity contribution >= 4 is 23.7 Å². The maximum atomic E-state index is 11.9. The monoisotopic (exact) mass is 346 g/mol. The molecule has 3 N–H and O–H groups in total. The Morgan fingerprint density at radius 2 is 2.21 bits per heavy atom. The van der Waals surface area contributed by atoms with Gasteiger partial charge in [0.1, 0.15) is 17.6 Å². The average molecular weight is 347 g/mol. The second-order valence-electron chi connectivity index (χ2n) is 5.88. The van der Waals surface area contributed by atoms with Gasteiger partial charge in [0.05, 0.1) is 6.21 Å². The highest BCUT2D eigenvalue weighted by Gasteiger charge is 2.26. The van der Waals surface area contributed by atoms with Crippen LogP contribution in [-0.2, 0) is 4.79 Å². The summed E-state index contributed by atoms with van der Waals surface area (Å²) in [6, 6.07) is 9.36. The molecule has 6 nitrogen and oxygen atoms in total. The molecule has 0 radical (unpaired) electrons. The predicted molar refractivity (Wildman–Crippen MR) is 93.8 cm³/mol. The molecule has 2 heterocycles. The van der Waals surface area contributed by atoms with Crippen molar-refractivity contribution in [3.05, 3.63) is 46.7 Å². The van der Waals surface area contributed by atoms with E-state index in [0.717, 1.165) is 17.5 Å². The van der Waals surface area contributed by atoms with E-state index in [-0.39, 0.29) is 18.0 Å². The zero-order chi connectivity index (χ0) is 17.1. The highest BCUT2D eigenvalue weighted by atomic mass is 35.5. The van der Waals surface area contributed by atoms with E-state index in [1.165, 1.54) is 6.21 Å². The Hall–Kier alpha value is -2.15. The molecule has 1 aliphatic heterocycles. The number of hydrogen-bond acceptors (Lipinski definition) is 5. The van der Waals surface area contributed by atoms with E-state index in [9.17, 15) is 4.79 Å². The fourth-order valence-corrected chi connectivity index (χ4v) is 2.63. The Balaban J connectivity index is 1.61. The molecule has 0 aliphatic carbocycles. The number of rotatable bonds is 4. The lowest BCUT2D eigenvalue weighted by Crippen LogP contribution is -2.41. The summed E-state index contributed by atoms with van der Waals surface area (Å²) >= 11 is 6.13. The van der Waals surface area contributed by atoms with E-state index in [1.807, 2.05) is 38.1 Å². The van der Waals surface area contributed by atoms with Crippen molar-refractivity contribution in [1.82, 2.24) is 16.3 Å². The van der Waals surface area contributed by atoms with E-state index >= 15 is 0 Å². The van der Waals surface area contributed by atoms with Crippen LogP contribution in [0.15, 0.2) is 39.9 Å². The summed E-state index contributed by atoms with van der Waals surface area (Å²) in [7, 11) is 0. The molecule has 126 valence electrons. The maximum absolute atomic E-state index is 11.9. The van der Waals surface area contributed by atoms with Gasteiger partial charge in [-0.15, -0.1) is 0 Å². The minimum atomic E-state index is -0.279. The molecule has 0 bridgehead atoms. The largest absolute Gasteiger partial charge is 0.455 e. The third-order valence-electron chi connectivity index (χ3n) is 3.86. The minimum Gasteiger partial charge on any atom is -0.455 e. The minimum absolute atomic E-state index is 0.180. The molecule has 7 heteroatoms. The molecule has 0 saturated carbocycles. The van der Waals surface area contributed by atoms with Crippen LogP contribution >= 0.6 is 11.6 Å². The van der Waals surface area contributed by atoms with Crippen molar-refractivity contribution in [3.8, 4) is 11.3 Å². The SMILES string of the molecule is Cc1ccc(-c2ccc(/C=N/NC(=O)C3CC(C)NN3)o2)cc1Cl. The molecule has 2 aromatic rings. The van der Waals surface area contributed by atoms with Gasteiger partial charge in [-0.2, -0.15) is 5.10 Å². The molecule has 1 aliphatic rings. The van der Waals surface area contributed by atoms with Gasteiger partial charge in [-0.25, -0.2) is 10.9 Å². The van der Waals surface area contributed by atoms with Crippen molar-refractivity contribution in [1.29, 1.82) is 0 Å². The van der Waals surface area contributed by atoms with Crippen molar-refractivity contribution in [2.75, 3.05) is 0 Å². The van der Waals surface area contributed by atoms with Crippen LogP contribution in [0.4, 0.5) is 0 Å². The summed E-state index contributed by atoms with van der Waals surface area (Å²) in [5, 5.41) is 4.63. The Morgan fingerprint density at radius 3 is 2.92 bits per heavy atom. The van der Waals surface area contributed by atoms with Gasteiger partial charge in [-0.1, -0.05) is 23.7 Å². The molecule has 2 unspecified atom stereocenters. The molecule has 1 fully saturated rings. The molecular formula is C17H19ClN4O2. The number of hydrazine groups is 1. The van der Waals surface area contributed by atoms with Crippen LogP contribution < -0.4 is 16.3 Å². The Morgan fingerprint density at radius 1 is 1.38 bits per heavy atom. The number of halogens is 1. The van der Waals surface area contributed by atoms with Gasteiger partial charge < -0.3 is 4.42 Å². The number of benzene rings is 1. The first-order chi connectivity index (χ1) is 11.5. The fraction of sp³-hybridized carbons (Fsp3) is 0.294. The van der Waals surface area contributed by atoms with Gasteiger partial charge in [-0.3, -0.25) is 10.2 Å². The summed E-state index contributed by atoms with van der Waals surface area (Å²) in [4.78, 5) is 11.9. The number of carbonyl (C=O) groups is 1. The number of hydrogen-bond donors (Lipinski definition) is 3. The summed E-state index contributed by atoms with van der Waals surface area (Å²) in [6.45, 7) is 3.95. The highest BCUT2D eigenvalue weighted by Crippen LogP contribution is 2.26. The van der Waals surface area contributed by atoms with Gasteiger partial charge in [-0.05, 0) is 44.0 Å². The number of furan rings is 1. The van der Waals surface area contributed by atoms with E-state index < -0.39 is 0 Å². The smallest absolute Gasteiger partial charge is 0.258 e. The van der Waals surface area contributed by atoms with Gasteiger partial charge in [0.2, 0.25) is 0 Å². The maximum Gasteiger partial charge on any atom is 0.258 e. The quantitative estimate of drug-likeness (QED) is 0.587. The molecule has 2 atom stereocenters. The molecule has 1 aromatic heterocycles. The van der Waals surface area contributed by atoms with E-state index in [4.69, 9.17) is 16.0 Å². The number of carbonyl (C=O) groups excluding carboxylic acids is 1. The van der Waals surface area contributed by atoms with E-state index in [1.54, 1.807) is 6.07 Å². The van der Waals surface area contributed by atoms with Crippen molar-refractivity contribution < 1.29 is 9.21 Å². The van der Waals surface area contributed by atoms with Crippen molar-refractivity contribution in [3.63, 3.8) is 0 Å². The van der Waals surface area contributed by atoms with Crippen LogP contribution in [0.3, 0.4) is 0 Å². The van der Waals surface area contributed by atoms with E-state index in [2.05, 4.69) is 21.4 Å². The fourth-order valence-electron chi connectivity index (χ4n) is 2.45. The van der Waals surface area contributed by atoms with Gasteiger partial charge in [0, 0.05) is 16.6 Å². The third-order valence-corrected chi connectivity index (χ3v) is 4.27. The van der Waals surface area contributed by atoms with Gasteiger partial charge in [0.15, 0.2) is 0 Å². The molecule has 24 heavy (non-hydrogen) atoms. The first kappa shape index (κ1) is 16.7. The zero-order valence-corrected chi connectivity index (χ0v) is 14.2. The second-order valence-corrected chi connectivity index (χ2v) is 6.29. The van der Waals surface area contributed by atoms with Crippen LogP contribution in [0, 0.1) is 6.92 Å². The molecular weight excluding hydrogens is 328 g/mol. The Kier molecular flexibility index (Phi) is 4.99. The number of amides is 1. The summed E-state index contributed by atoms with van der Waals surface area (Å²) in [5.74, 6) is 1.06. The predicted octanol–water partition coefficient (Wildman–Crippen LogP) is 2.61. The highest BCUT2D eigenvalue weighted by molar-refractivity contribution is 6.31. The van der Waals surface area contributed by atoms with Crippen LogP contribution in [0.1, 0.15) is 24.7 Å². The lowest BCUT2D eigenvalue weighted by molar-refractivity contribution is -0.122. The third kappa shape index (κ3) is 3.84. The summed E-state index contributed by atoms with van der Waals surface area (Å²) in [5.41, 5.74) is 10.3. The van der Waals surface area contributed by atoms with Crippen molar-refractivity contribution in [2.45, 2.75) is 32.4 Å². The Labute approximate surface area is 145 Å². The van der Waals surface area contributed by atoms with Crippen LogP contribution in [0.25, 0.3) is 11.3 Å². The standard InChI is InChI=1S/C17H19ClN4O2/c1-10-3-4-12(8-14(10)18)16-6-5-13(24-16)9-19-22-17(23)15-7-11(2)20-21-15/h3-6,8-9,11,15,20-21H,7H2,1-2H3,(H,22,23)/b19-9+. The molecule has 0 spiro atoms. The van der Waals surface area contributed by atoms with Crippen LogP contribution in [0.2, 0.25) is 5.02 Å². The van der Waals surface area contributed by atoms with Gasteiger partial charge >= 0.3 is 0 Å². The lowest BCUT2D eigenvalue weighted by atomic mass is 10.1. The molecule has 3 rings (SSSR count). The Bertz CT molecular complexity index is 772. The van der Waals surface area contributed by atoms with Crippen LogP contribution in [-0.4, -0.2) is 24.2 Å². The topological polar surface area (TPSA) is 78.7 Å². The summed E-state index contributed by atoms with van der Waals surface area (Å²) in [6.07, 6.45) is 2.20. The average Bonchev–Trinajstić information content (AvgIpc) is 3.19. The normalized spacial score (nSPS) is 20.6. The first-order valence-corrected chi connectivity index (χ1v) is 8.11. The lowest BCUT2D eigenvalue weighted by Gasteiger charge is -2.05. The summed E-state index contributed by atoms with van der Waals surface area (Å²) < 4.78 is 5.70. The molecule has 1 aromatic carbocycles. The van der Waals surface area contributed by atoms with Crippen LogP contribution in [0.5, 0.6) is 0 Å². The number of hydrazone groups is 1. The van der Waals surface area contributed by atoms with Crippen molar-refractivity contribution in [2.24, 2.45) is 5.10 Å². The van der Waals surface area contributed by atoms with E-state index in [0.29, 0.717) is 16.5 Å². The molecule has 1 saturated heterocycles. The number of nitrogens with zero attached hydrogens (tertiary/aromatic N) is 1. The second kappa shape index (κ2) is 7.17.